The van der Waals surface area contributed by atoms with Crippen molar-refractivity contribution in [2.45, 2.75) is 64.2 Å². The Morgan fingerprint density at radius 1 is 1.17 bits per heavy atom. The maximum absolute atomic E-state index is 12.6. The molecule has 0 heterocycles. The van der Waals surface area contributed by atoms with Gasteiger partial charge >= 0.3 is 0 Å². The lowest BCUT2D eigenvalue weighted by molar-refractivity contribution is -0.115. The summed E-state index contributed by atoms with van der Waals surface area (Å²) in [5.41, 5.74) is 6.21. The summed E-state index contributed by atoms with van der Waals surface area (Å²) in [4.78, 5) is 22.9. The minimum absolute atomic E-state index is 0.171. The molecule has 0 aliphatic heterocycles. The predicted octanol–water partition coefficient (Wildman–Crippen LogP) is 5.74. The van der Waals surface area contributed by atoms with Crippen molar-refractivity contribution >= 4 is 11.7 Å². The number of benzene rings is 1. The lowest BCUT2D eigenvalue weighted by Crippen LogP contribution is -2.37. The fourth-order valence-corrected chi connectivity index (χ4v) is 6.87. The molecule has 0 amide bonds. The van der Waals surface area contributed by atoms with Gasteiger partial charge in [-0.3, -0.25) is 4.79 Å². The summed E-state index contributed by atoms with van der Waals surface area (Å²) in [7, 11) is 0. The number of allylic oxidation sites excluding steroid dienone is 4. The van der Waals surface area contributed by atoms with Crippen LogP contribution in [0.25, 0.3) is 0 Å². The van der Waals surface area contributed by atoms with Crippen LogP contribution < -0.4 is 4.74 Å². The molecule has 2 saturated carbocycles. The molecule has 4 aliphatic carbocycles. The van der Waals surface area contributed by atoms with Crippen LogP contribution in [0.5, 0.6) is 5.75 Å². The normalized spacial score (nSPS) is 32.5. The van der Waals surface area contributed by atoms with Gasteiger partial charge in [0.25, 0.3) is 0 Å². The van der Waals surface area contributed by atoms with Crippen LogP contribution in [0.2, 0.25) is 0 Å². The summed E-state index contributed by atoms with van der Waals surface area (Å²) in [6.45, 7) is 2.76. The van der Waals surface area contributed by atoms with Crippen LogP contribution in [0.4, 0.5) is 0 Å². The van der Waals surface area contributed by atoms with E-state index < -0.39 is 0 Å². The van der Waals surface area contributed by atoms with E-state index in [2.05, 4.69) is 19.1 Å². The monoisotopic (exact) mass is 402 g/mol. The van der Waals surface area contributed by atoms with Crippen LogP contribution in [0, 0.1) is 17.3 Å². The molecule has 0 radical (unpaired) electrons. The Morgan fingerprint density at radius 3 is 2.80 bits per heavy atom. The van der Waals surface area contributed by atoms with E-state index in [0.717, 1.165) is 18.1 Å². The van der Waals surface area contributed by atoms with Crippen LogP contribution in [0.1, 0.15) is 69.8 Å². The molecule has 3 heteroatoms. The number of carbonyl (C=O) groups is 1. The van der Waals surface area contributed by atoms with Crippen molar-refractivity contribution in [3.05, 3.63) is 58.7 Å². The lowest BCUT2D eigenvalue weighted by Gasteiger charge is -2.48. The Kier molecular flexibility index (Phi) is 5.03. The van der Waals surface area contributed by atoms with E-state index in [1.807, 2.05) is 18.2 Å². The number of hydrogen-bond donors (Lipinski definition) is 0. The van der Waals surface area contributed by atoms with Crippen molar-refractivity contribution in [1.82, 2.24) is 0 Å². The van der Waals surface area contributed by atoms with Crippen molar-refractivity contribution in [2.24, 2.45) is 17.3 Å². The van der Waals surface area contributed by atoms with Crippen LogP contribution >= 0.6 is 0 Å². The molecule has 1 aromatic carbocycles. The summed E-state index contributed by atoms with van der Waals surface area (Å²) in [6, 6.07) is 8.11. The summed E-state index contributed by atoms with van der Waals surface area (Å²) in [5.74, 6) is 4.44. The third-order valence-corrected chi connectivity index (χ3v) is 8.26. The Hall–Kier alpha value is -2.38. The zero-order valence-corrected chi connectivity index (χ0v) is 17.8. The van der Waals surface area contributed by atoms with Gasteiger partial charge in [0, 0.05) is 18.4 Å². The molecule has 156 valence electrons. The Bertz CT molecular complexity index is 960. The van der Waals surface area contributed by atoms with Crippen molar-refractivity contribution in [3.63, 3.8) is 0 Å². The first-order valence-corrected chi connectivity index (χ1v) is 11.5. The Labute approximate surface area is 178 Å². The smallest absolute Gasteiger partial charge is 0.156 e. The van der Waals surface area contributed by atoms with Gasteiger partial charge in [0.1, 0.15) is 18.3 Å². The van der Waals surface area contributed by atoms with Crippen molar-refractivity contribution in [1.29, 1.82) is 0 Å². The molecule has 4 aliphatic rings. The van der Waals surface area contributed by atoms with Gasteiger partial charge in [-0.2, -0.15) is 0 Å². The number of hydrogen-bond acceptors (Lipinski definition) is 3. The molecule has 4 atom stereocenters. The third kappa shape index (κ3) is 3.30. The van der Waals surface area contributed by atoms with Gasteiger partial charge in [-0.05, 0) is 90.7 Å². The van der Waals surface area contributed by atoms with E-state index in [-0.39, 0.29) is 18.3 Å². The standard InChI is InChI=1S/C27H30O3/c1-27-12-2-4-25(27)22-10-7-19-16-20(29)17-24(26(19)23(22)11-13-27)18-5-8-21(9-6-18)30-15-3-14-28/h3,5-6,8-9,16,22,24-25H,2,4,7,10-13,15,17H2,1H3/t22-,24+,25+,27+/m1/s1. The molecule has 30 heavy (non-hydrogen) atoms. The molecule has 0 saturated heterocycles. The number of carbonyl (C=O) groups excluding carboxylic acids is 2. The fraction of sp³-hybridized carbons (Fsp3) is 0.519. The van der Waals surface area contributed by atoms with Gasteiger partial charge < -0.3 is 4.74 Å². The van der Waals surface area contributed by atoms with Gasteiger partial charge in [0.05, 0.1) is 0 Å². The number of fused-ring (bicyclic) bond motifs is 4. The Balaban J connectivity index is 1.50. The molecule has 1 aromatic rings. The topological polar surface area (TPSA) is 43.4 Å². The maximum Gasteiger partial charge on any atom is 0.156 e. The van der Waals surface area contributed by atoms with Gasteiger partial charge in [0.15, 0.2) is 5.78 Å². The van der Waals surface area contributed by atoms with E-state index >= 15 is 0 Å². The second-order valence-electron chi connectivity index (χ2n) is 9.83. The second-order valence-corrected chi connectivity index (χ2v) is 9.83. The minimum atomic E-state index is 0.171. The van der Waals surface area contributed by atoms with Gasteiger partial charge in [-0.25, -0.2) is 4.79 Å². The van der Waals surface area contributed by atoms with E-state index in [9.17, 15) is 9.59 Å². The molecule has 0 N–H and O–H groups in total. The van der Waals surface area contributed by atoms with E-state index in [4.69, 9.17) is 4.74 Å². The fourth-order valence-electron chi connectivity index (χ4n) is 6.87. The van der Waals surface area contributed by atoms with Crippen LogP contribution in [0.3, 0.4) is 0 Å². The molecular formula is C27H30O3. The number of ketones is 1. The van der Waals surface area contributed by atoms with Crippen LogP contribution in [0.15, 0.2) is 53.1 Å². The second kappa shape index (κ2) is 7.71. The molecule has 5 rings (SSSR count). The molecular weight excluding hydrogens is 372 g/mol. The minimum Gasteiger partial charge on any atom is -0.489 e. The predicted molar refractivity (Wildman–Crippen MR) is 117 cm³/mol. The third-order valence-electron chi connectivity index (χ3n) is 8.26. The molecule has 0 bridgehead atoms. The summed E-state index contributed by atoms with van der Waals surface area (Å²) >= 11 is 0. The summed E-state index contributed by atoms with van der Waals surface area (Å²) in [6.07, 6.45) is 12.8. The quantitative estimate of drug-likeness (QED) is 0.603. The van der Waals surface area contributed by atoms with Crippen LogP contribution in [-0.2, 0) is 9.59 Å². The van der Waals surface area contributed by atoms with Gasteiger partial charge in [0.2, 0.25) is 0 Å². The average Bonchev–Trinajstić information content (AvgIpc) is 3.15. The molecule has 0 aromatic heterocycles. The van der Waals surface area contributed by atoms with Crippen molar-refractivity contribution in [3.8, 4) is 5.75 Å². The first kappa shape index (κ1) is 19.6. The van der Waals surface area contributed by atoms with Gasteiger partial charge in [-0.1, -0.05) is 31.1 Å². The molecule has 3 nitrogen and oxygen atoms in total. The summed E-state index contributed by atoms with van der Waals surface area (Å²) in [5, 5.41) is 0. The first-order valence-electron chi connectivity index (χ1n) is 11.5. The zero-order valence-electron chi connectivity index (χ0n) is 17.8. The lowest BCUT2D eigenvalue weighted by atomic mass is 9.56. The van der Waals surface area contributed by atoms with Crippen molar-refractivity contribution < 1.29 is 14.3 Å². The Morgan fingerprint density at radius 2 is 2.00 bits per heavy atom. The largest absolute Gasteiger partial charge is 0.489 e. The number of ether oxygens (including phenoxy) is 1. The molecule has 2 fully saturated rings. The van der Waals surface area contributed by atoms with Crippen LogP contribution in [-0.4, -0.2) is 18.3 Å². The zero-order chi connectivity index (χ0) is 20.7. The molecule has 0 spiro atoms. The van der Waals surface area contributed by atoms with Gasteiger partial charge in [-0.15, -0.1) is 0 Å². The van der Waals surface area contributed by atoms with Crippen molar-refractivity contribution in [2.75, 3.05) is 6.61 Å². The highest BCUT2D eigenvalue weighted by Crippen LogP contribution is 2.61. The summed E-state index contributed by atoms with van der Waals surface area (Å²) < 4.78 is 5.55. The number of rotatable bonds is 4. The SMILES string of the molecule is C[C@@]12CCC[C@H]1[C@@H]1CCC3=CC(=O)C[C@@H](c4ccc(OCC=C=O)cc4)C3=C1CC2. The highest BCUT2D eigenvalue weighted by molar-refractivity contribution is 5.94. The highest BCUT2D eigenvalue weighted by Gasteiger charge is 2.49. The maximum atomic E-state index is 12.6. The van der Waals surface area contributed by atoms with E-state index in [1.54, 1.807) is 11.5 Å². The first-order chi connectivity index (χ1) is 14.6. The van der Waals surface area contributed by atoms with E-state index in [1.165, 1.54) is 61.3 Å². The van der Waals surface area contributed by atoms with E-state index in [0.29, 0.717) is 17.8 Å². The molecule has 0 unspecified atom stereocenters. The highest BCUT2D eigenvalue weighted by atomic mass is 16.5. The average molecular weight is 403 g/mol.